The van der Waals surface area contributed by atoms with Crippen LogP contribution in [0.2, 0.25) is 0 Å². The zero-order valence-electron chi connectivity index (χ0n) is 10.8. The number of nitrogens with one attached hydrogen (secondary N) is 1. The van der Waals surface area contributed by atoms with Crippen LogP contribution >= 0.6 is 11.3 Å². The van der Waals surface area contributed by atoms with Crippen LogP contribution in [-0.4, -0.2) is 11.4 Å². The zero-order valence-corrected chi connectivity index (χ0v) is 11.6. The molecule has 0 saturated carbocycles. The van der Waals surface area contributed by atoms with Gasteiger partial charge >= 0.3 is 0 Å². The zero-order chi connectivity index (χ0) is 12.9. The Morgan fingerprint density at radius 2 is 2.29 bits per heavy atom. The Hall–Kier alpha value is -0.870. The molecule has 1 atom stereocenters. The summed E-state index contributed by atoms with van der Waals surface area (Å²) < 4.78 is 0. The maximum absolute atomic E-state index is 11.8. The average Bonchev–Trinajstić information content (AvgIpc) is 2.75. The van der Waals surface area contributed by atoms with Gasteiger partial charge < -0.3 is 11.1 Å². The van der Waals surface area contributed by atoms with Gasteiger partial charge in [0.15, 0.2) is 0 Å². The summed E-state index contributed by atoms with van der Waals surface area (Å²) in [5, 5.41) is 5.09. The molecule has 4 heteroatoms. The second-order valence-corrected chi connectivity index (χ2v) is 6.01. The van der Waals surface area contributed by atoms with Crippen molar-refractivity contribution in [2.75, 3.05) is 0 Å². The highest BCUT2D eigenvalue weighted by Crippen LogP contribution is 2.21. The van der Waals surface area contributed by atoms with E-state index in [0.29, 0.717) is 12.8 Å². The molecule has 1 aromatic heterocycles. The Morgan fingerprint density at radius 3 is 2.76 bits per heavy atom. The standard InChI is InChI=1S/C13H22N2OS/c1-4-10(11-6-5-9-17-11)15-12(16)7-8-13(2,3)14/h5-6,9-10H,4,7-8,14H2,1-3H3,(H,15,16). The van der Waals surface area contributed by atoms with E-state index in [1.165, 1.54) is 4.88 Å². The van der Waals surface area contributed by atoms with Crippen LogP contribution in [0.3, 0.4) is 0 Å². The molecule has 0 fully saturated rings. The Bertz CT molecular complexity index is 341. The lowest BCUT2D eigenvalue weighted by Gasteiger charge is -2.20. The molecule has 0 spiro atoms. The van der Waals surface area contributed by atoms with Crippen molar-refractivity contribution in [3.63, 3.8) is 0 Å². The highest BCUT2D eigenvalue weighted by atomic mass is 32.1. The summed E-state index contributed by atoms with van der Waals surface area (Å²) in [4.78, 5) is 13.0. The molecule has 1 unspecified atom stereocenters. The van der Waals surface area contributed by atoms with Crippen molar-refractivity contribution < 1.29 is 4.79 Å². The molecule has 0 aliphatic rings. The highest BCUT2D eigenvalue weighted by Gasteiger charge is 2.16. The molecule has 0 aromatic carbocycles. The number of nitrogens with two attached hydrogens (primary N) is 1. The number of rotatable bonds is 6. The quantitative estimate of drug-likeness (QED) is 0.820. The molecule has 1 aromatic rings. The van der Waals surface area contributed by atoms with Crippen LogP contribution in [0.5, 0.6) is 0 Å². The SMILES string of the molecule is CCC(NC(=O)CCC(C)(C)N)c1cccs1. The summed E-state index contributed by atoms with van der Waals surface area (Å²) in [7, 11) is 0. The van der Waals surface area contributed by atoms with E-state index in [1.807, 2.05) is 25.3 Å². The van der Waals surface area contributed by atoms with Crippen molar-refractivity contribution in [2.24, 2.45) is 5.73 Å². The van der Waals surface area contributed by atoms with E-state index in [9.17, 15) is 4.79 Å². The van der Waals surface area contributed by atoms with Crippen LogP contribution in [0.25, 0.3) is 0 Å². The summed E-state index contributed by atoms with van der Waals surface area (Å²) in [6.07, 6.45) is 2.11. The fourth-order valence-electron chi connectivity index (χ4n) is 1.57. The monoisotopic (exact) mass is 254 g/mol. The van der Waals surface area contributed by atoms with Gasteiger partial charge in [-0.1, -0.05) is 13.0 Å². The second kappa shape index (κ2) is 6.17. The Morgan fingerprint density at radius 1 is 1.59 bits per heavy atom. The van der Waals surface area contributed by atoms with Gasteiger partial charge in [-0.15, -0.1) is 11.3 Å². The average molecular weight is 254 g/mol. The van der Waals surface area contributed by atoms with E-state index in [2.05, 4.69) is 18.3 Å². The molecule has 0 saturated heterocycles. The van der Waals surface area contributed by atoms with E-state index in [0.717, 1.165) is 6.42 Å². The summed E-state index contributed by atoms with van der Waals surface area (Å²) in [6, 6.07) is 4.22. The third-order valence-corrected chi connectivity index (χ3v) is 3.61. The van der Waals surface area contributed by atoms with Crippen molar-refractivity contribution in [1.29, 1.82) is 0 Å². The summed E-state index contributed by atoms with van der Waals surface area (Å²) >= 11 is 1.68. The molecule has 1 amide bonds. The van der Waals surface area contributed by atoms with Gasteiger partial charge in [0.05, 0.1) is 6.04 Å². The van der Waals surface area contributed by atoms with Gasteiger partial charge in [-0.3, -0.25) is 4.79 Å². The summed E-state index contributed by atoms with van der Waals surface area (Å²) in [6.45, 7) is 5.96. The lowest BCUT2D eigenvalue weighted by Crippen LogP contribution is -2.35. The molecule has 3 nitrogen and oxygen atoms in total. The minimum Gasteiger partial charge on any atom is -0.348 e. The molecular formula is C13H22N2OS. The fraction of sp³-hybridized carbons (Fsp3) is 0.615. The predicted octanol–water partition coefficient (Wildman–Crippen LogP) is 2.83. The fourth-order valence-corrected chi connectivity index (χ4v) is 2.43. The largest absolute Gasteiger partial charge is 0.348 e. The number of carbonyl (C=O) groups is 1. The molecule has 0 radical (unpaired) electrons. The van der Waals surface area contributed by atoms with Gasteiger partial charge in [-0.25, -0.2) is 0 Å². The number of thiophene rings is 1. The van der Waals surface area contributed by atoms with Crippen molar-refractivity contribution in [3.8, 4) is 0 Å². The van der Waals surface area contributed by atoms with Crippen LogP contribution in [0.15, 0.2) is 17.5 Å². The lowest BCUT2D eigenvalue weighted by atomic mass is 10.00. The van der Waals surface area contributed by atoms with Gasteiger partial charge in [-0.05, 0) is 38.1 Å². The Labute approximate surface area is 107 Å². The predicted molar refractivity (Wildman–Crippen MR) is 73.0 cm³/mol. The van der Waals surface area contributed by atoms with Crippen LogP contribution in [0.4, 0.5) is 0 Å². The van der Waals surface area contributed by atoms with Crippen molar-refractivity contribution >= 4 is 17.2 Å². The molecule has 1 heterocycles. The maximum atomic E-state index is 11.8. The van der Waals surface area contributed by atoms with Crippen molar-refractivity contribution in [1.82, 2.24) is 5.32 Å². The molecule has 1 rings (SSSR count). The van der Waals surface area contributed by atoms with E-state index < -0.39 is 0 Å². The van der Waals surface area contributed by atoms with Gasteiger partial charge in [0.2, 0.25) is 5.91 Å². The van der Waals surface area contributed by atoms with Crippen molar-refractivity contribution in [3.05, 3.63) is 22.4 Å². The number of carbonyl (C=O) groups excluding carboxylic acids is 1. The third-order valence-electron chi connectivity index (χ3n) is 2.63. The molecular weight excluding hydrogens is 232 g/mol. The van der Waals surface area contributed by atoms with Crippen LogP contribution < -0.4 is 11.1 Å². The van der Waals surface area contributed by atoms with Gasteiger partial charge in [-0.2, -0.15) is 0 Å². The number of amides is 1. The van der Waals surface area contributed by atoms with E-state index in [4.69, 9.17) is 5.73 Å². The minimum absolute atomic E-state index is 0.0868. The topological polar surface area (TPSA) is 55.1 Å². The smallest absolute Gasteiger partial charge is 0.220 e. The Balaban J connectivity index is 2.44. The molecule has 17 heavy (non-hydrogen) atoms. The van der Waals surface area contributed by atoms with E-state index in [-0.39, 0.29) is 17.5 Å². The van der Waals surface area contributed by atoms with Gasteiger partial charge in [0, 0.05) is 16.8 Å². The summed E-state index contributed by atoms with van der Waals surface area (Å²) in [5.41, 5.74) is 5.59. The maximum Gasteiger partial charge on any atom is 0.220 e. The lowest BCUT2D eigenvalue weighted by molar-refractivity contribution is -0.122. The highest BCUT2D eigenvalue weighted by molar-refractivity contribution is 7.10. The van der Waals surface area contributed by atoms with Gasteiger partial charge in [0.25, 0.3) is 0 Å². The van der Waals surface area contributed by atoms with Gasteiger partial charge in [0.1, 0.15) is 0 Å². The molecule has 0 aliphatic carbocycles. The van der Waals surface area contributed by atoms with E-state index in [1.54, 1.807) is 11.3 Å². The first-order chi connectivity index (χ1) is 7.92. The first kappa shape index (κ1) is 14.2. The molecule has 3 N–H and O–H groups in total. The normalized spacial score (nSPS) is 13.4. The molecule has 0 bridgehead atoms. The second-order valence-electron chi connectivity index (χ2n) is 5.03. The van der Waals surface area contributed by atoms with Crippen molar-refractivity contribution in [2.45, 2.75) is 51.6 Å². The summed E-state index contributed by atoms with van der Waals surface area (Å²) in [5.74, 6) is 0.0868. The molecule has 0 aliphatic heterocycles. The number of hydrogen-bond donors (Lipinski definition) is 2. The van der Waals surface area contributed by atoms with Crippen LogP contribution in [0, 0.1) is 0 Å². The third kappa shape index (κ3) is 5.33. The minimum atomic E-state index is -0.276. The number of hydrogen-bond acceptors (Lipinski definition) is 3. The van der Waals surface area contributed by atoms with E-state index >= 15 is 0 Å². The van der Waals surface area contributed by atoms with Crippen LogP contribution in [0.1, 0.15) is 51.0 Å². The first-order valence-corrected chi connectivity index (χ1v) is 6.92. The van der Waals surface area contributed by atoms with Crippen LogP contribution in [-0.2, 0) is 4.79 Å². The molecule has 96 valence electrons. The Kier molecular flexibility index (Phi) is 5.15. The first-order valence-electron chi connectivity index (χ1n) is 6.04.